The molecule has 0 aliphatic rings. The number of hydrogen-bond donors (Lipinski definition) is 1. The van der Waals surface area contributed by atoms with Gasteiger partial charge in [0.1, 0.15) is 0 Å². The van der Waals surface area contributed by atoms with E-state index in [1.54, 1.807) is 0 Å². The normalized spacial score (nSPS) is 13.2. The summed E-state index contributed by atoms with van der Waals surface area (Å²) in [6, 6.07) is 0.556. The predicted molar refractivity (Wildman–Crippen MR) is 72.3 cm³/mol. The van der Waals surface area contributed by atoms with Crippen LogP contribution in [0.1, 0.15) is 33.6 Å². The van der Waals surface area contributed by atoms with E-state index in [2.05, 4.69) is 11.8 Å². The zero-order chi connectivity index (χ0) is 12.9. The molecule has 0 saturated heterocycles. The van der Waals surface area contributed by atoms with E-state index in [9.17, 15) is 0 Å². The summed E-state index contributed by atoms with van der Waals surface area (Å²) in [7, 11) is 0. The van der Waals surface area contributed by atoms with Crippen molar-refractivity contribution < 1.29 is 9.47 Å². The molecule has 2 N–H and O–H groups in total. The van der Waals surface area contributed by atoms with Crippen LogP contribution < -0.4 is 5.73 Å². The smallest absolute Gasteiger partial charge is 0.0593 e. The van der Waals surface area contributed by atoms with Gasteiger partial charge in [0.2, 0.25) is 0 Å². The summed E-state index contributed by atoms with van der Waals surface area (Å²) in [5.41, 5.74) is 5.66. The van der Waals surface area contributed by atoms with Crippen molar-refractivity contribution in [3.63, 3.8) is 0 Å². The lowest BCUT2D eigenvalue weighted by Crippen LogP contribution is -2.40. The first kappa shape index (κ1) is 16.8. The minimum Gasteiger partial charge on any atom is -0.380 e. The molecule has 104 valence electrons. The number of ether oxygens (including phenoxy) is 2. The Balaban J connectivity index is 4.04. The summed E-state index contributed by atoms with van der Waals surface area (Å²) >= 11 is 0. The largest absolute Gasteiger partial charge is 0.380 e. The Morgan fingerprint density at radius 2 is 1.53 bits per heavy atom. The van der Waals surface area contributed by atoms with Gasteiger partial charge < -0.3 is 15.2 Å². The highest BCUT2D eigenvalue weighted by molar-refractivity contribution is 4.71. The van der Waals surface area contributed by atoms with Crippen LogP contribution in [0, 0.1) is 0 Å². The number of rotatable bonds is 12. The third-order valence-corrected chi connectivity index (χ3v) is 2.94. The predicted octanol–water partition coefficient (Wildman–Crippen LogP) is 1.49. The van der Waals surface area contributed by atoms with Gasteiger partial charge in [0.15, 0.2) is 0 Å². The summed E-state index contributed by atoms with van der Waals surface area (Å²) in [6.45, 7) is 12.1. The van der Waals surface area contributed by atoms with E-state index in [1.807, 2.05) is 13.8 Å². The molecule has 0 amide bonds. The quantitative estimate of drug-likeness (QED) is 0.530. The average molecular weight is 246 g/mol. The Morgan fingerprint density at radius 3 is 1.88 bits per heavy atom. The van der Waals surface area contributed by atoms with Crippen LogP contribution in [0.3, 0.4) is 0 Å². The van der Waals surface area contributed by atoms with E-state index in [-0.39, 0.29) is 0 Å². The van der Waals surface area contributed by atoms with Gasteiger partial charge in [0, 0.05) is 32.3 Å². The first-order valence-corrected chi connectivity index (χ1v) is 6.89. The Bertz CT molecular complexity index is 146. The summed E-state index contributed by atoms with van der Waals surface area (Å²) in [5.74, 6) is 0. The minimum absolute atomic E-state index is 0.556. The zero-order valence-electron chi connectivity index (χ0n) is 11.8. The molecular formula is C13H30N2O2. The fourth-order valence-electron chi connectivity index (χ4n) is 1.97. The fourth-order valence-corrected chi connectivity index (χ4v) is 1.97. The third kappa shape index (κ3) is 8.55. The molecule has 0 aromatic heterocycles. The van der Waals surface area contributed by atoms with Crippen molar-refractivity contribution in [2.24, 2.45) is 5.73 Å². The molecular weight excluding hydrogens is 216 g/mol. The number of nitrogens with two attached hydrogens (primary N) is 1. The van der Waals surface area contributed by atoms with Gasteiger partial charge in [-0.25, -0.2) is 0 Å². The van der Waals surface area contributed by atoms with Gasteiger partial charge in [0.05, 0.1) is 13.2 Å². The first-order chi connectivity index (χ1) is 8.29. The summed E-state index contributed by atoms with van der Waals surface area (Å²) in [4.78, 5) is 2.44. The third-order valence-electron chi connectivity index (χ3n) is 2.94. The van der Waals surface area contributed by atoms with Crippen LogP contribution in [0.5, 0.6) is 0 Å². The van der Waals surface area contributed by atoms with Gasteiger partial charge >= 0.3 is 0 Å². The summed E-state index contributed by atoms with van der Waals surface area (Å²) in [6.07, 6.45) is 2.18. The lowest BCUT2D eigenvalue weighted by molar-refractivity contribution is 0.0600. The molecule has 0 saturated carbocycles. The highest BCUT2D eigenvalue weighted by Gasteiger charge is 2.15. The molecule has 0 rings (SSSR count). The van der Waals surface area contributed by atoms with E-state index in [0.717, 1.165) is 58.9 Å². The van der Waals surface area contributed by atoms with E-state index in [1.165, 1.54) is 0 Å². The molecule has 17 heavy (non-hydrogen) atoms. The molecule has 1 unspecified atom stereocenters. The molecule has 1 atom stereocenters. The molecule has 0 aliphatic carbocycles. The summed E-state index contributed by atoms with van der Waals surface area (Å²) in [5, 5.41) is 0. The maximum absolute atomic E-state index is 5.66. The zero-order valence-corrected chi connectivity index (χ0v) is 11.8. The van der Waals surface area contributed by atoms with Gasteiger partial charge in [-0.1, -0.05) is 6.92 Å². The Kier molecular flexibility index (Phi) is 12.2. The topological polar surface area (TPSA) is 47.7 Å². The second kappa shape index (κ2) is 12.3. The molecule has 0 heterocycles. The van der Waals surface area contributed by atoms with E-state index in [0.29, 0.717) is 6.04 Å². The molecule has 0 aliphatic heterocycles. The molecule has 0 spiro atoms. The van der Waals surface area contributed by atoms with Crippen molar-refractivity contribution in [1.82, 2.24) is 4.90 Å². The molecule has 4 nitrogen and oxygen atoms in total. The maximum atomic E-state index is 5.66. The van der Waals surface area contributed by atoms with Crippen LogP contribution in [0.4, 0.5) is 0 Å². The van der Waals surface area contributed by atoms with Gasteiger partial charge in [-0.05, 0) is 33.2 Å². The van der Waals surface area contributed by atoms with Crippen molar-refractivity contribution in [1.29, 1.82) is 0 Å². The number of hydrogen-bond acceptors (Lipinski definition) is 4. The van der Waals surface area contributed by atoms with Crippen LogP contribution in [-0.2, 0) is 9.47 Å². The van der Waals surface area contributed by atoms with Gasteiger partial charge in [0.25, 0.3) is 0 Å². The van der Waals surface area contributed by atoms with Crippen molar-refractivity contribution in [2.75, 3.05) is 46.1 Å². The van der Waals surface area contributed by atoms with Gasteiger partial charge in [-0.15, -0.1) is 0 Å². The van der Waals surface area contributed by atoms with Crippen molar-refractivity contribution in [3.05, 3.63) is 0 Å². The Morgan fingerprint density at radius 1 is 1.00 bits per heavy atom. The maximum Gasteiger partial charge on any atom is 0.0593 e. The SMILES string of the molecule is CCOCCN(CCOCC)C(CC)CCN. The van der Waals surface area contributed by atoms with E-state index in [4.69, 9.17) is 15.2 Å². The van der Waals surface area contributed by atoms with Crippen LogP contribution >= 0.6 is 0 Å². The fraction of sp³-hybridized carbons (Fsp3) is 1.00. The molecule has 0 aromatic carbocycles. The van der Waals surface area contributed by atoms with Crippen molar-refractivity contribution in [2.45, 2.75) is 39.7 Å². The highest BCUT2D eigenvalue weighted by atomic mass is 16.5. The van der Waals surface area contributed by atoms with Gasteiger partial charge in [-0.2, -0.15) is 0 Å². The molecule has 0 fully saturated rings. The minimum atomic E-state index is 0.556. The van der Waals surface area contributed by atoms with Crippen LogP contribution in [-0.4, -0.2) is 57.0 Å². The van der Waals surface area contributed by atoms with E-state index >= 15 is 0 Å². The lowest BCUT2D eigenvalue weighted by Gasteiger charge is -2.30. The van der Waals surface area contributed by atoms with Gasteiger partial charge in [-0.3, -0.25) is 4.90 Å². The standard InChI is InChI=1S/C13H30N2O2/c1-4-13(7-8-14)15(9-11-16-5-2)10-12-17-6-3/h13H,4-12,14H2,1-3H3. The molecule has 0 radical (unpaired) electrons. The summed E-state index contributed by atoms with van der Waals surface area (Å²) < 4.78 is 10.9. The van der Waals surface area contributed by atoms with Crippen molar-refractivity contribution >= 4 is 0 Å². The highest BCUT2D eigenvalue weighted by Crippen LogP contribution is 2.07. The van der Waals surface area contributed by atoms with E-state index < -0.39 is 0 Å². The lowest BCUT2D eigenvalue weighted by atomic mass is 10.1. The Hall–Kier alpha value is -0.160. The average Bonchev–Trinajstić information content (AvgIpc) is 2.35. The van der Waals surface area contributed by atoms with Crippen LogP contribution in [0.15, 0.2) is 0 Å². The monoisotopic (exact) mass is 246 g/mol. The second-order valence-electron chi connectivity index (χ2n) is 4.07. The number of nitrogens with zero attached hydrogens (tertiary/aromatic N) is 1. The molecule has 0 bridgehead atoms. The van der Waals surface area contributed by atoms with Crippen LogP contribution in [0.25, 0.3) is 0 Å². The van der Waals surface area contributed by atoms with Crippen molar-refractivity contribution in [3.8, 4) is 0 Å². The second-order valence-corrected chi connectivity index (χ2v) is 4.07. The van der Waals surface area contributed by atoms with Crippen LogP contribution in [0.2, 0.25) is 0 Å². The molecule has 0 aromatic rings. The Labute approximate surface area is 106 Å². The molecule has 4 heteroatoms. The first-order valence-electron chi connectivity index (χ1n) is 6.89.